The van der Waals surface area contributed by atoms with Crippen LogP contribution in [0.3, 0.4) is 0 Å². The Hall–Kier alpha value is -2.64. The Kier molecular flexibility index (Phi) is 7.84. The van der Waals surface area contributed by atoms with Crippen molar-refractivity contribution in [2.45, 2.75) is 13.0 Å². The van der Waals surface area contributed by atoms with Gasteiger partial charge in [0.2, 0.25) is 5.91 Å². The molecule has 1 aliphatic heterocycles. The van der Waals surface area contributed by atoms with Gasteiger partial charge in [-0.05, 0) is 11.6 Å². The molecule has 0 spiro atoms. The maximum Gasteiger partial charge on any atom is 0.257 e. The van der Waals surface area contributed by atoms with Gasteiger partial charge in [0.15, 0.2) is 0 Å². The van der Waals surface area contributed by atoms with E-state index in [4.69, 9.17) is 9.15 Å². The van der Waals surface area contributed by atoms with E-state index >= 15 is 0 Å². The number of hydrogen-bond acceptors (Lipinski definition) is 5. The molecule has 1 aromatic heterocycles. The average molecular weight is 399 g/mol. The van der Waals surface area contributed by atoms with Crippen LogP contribution in [0.25, 0.3) is 0 Å². The van der Waals surface area contributed by atoms with Gasteiger partial charge in [-0.1, -0.05) is 30.3 Å². The first-order valence-electron chi connectivity index (χ1n) is 10.0. The molecule has 0 aliphatic carbocycles. The van der Waals surface area contributed by atoms with Gasteiger partial charge < -0.3 is 19.0 Å². The molecule has 0 atom stereocenters. The van der Waals surface area contributed by atoms with Gasteiger partial charge in [0.25, 0.3) is 5.91 Å². The highest BCUT2D eigenvalue weighted by Gasteiger charge is 2.23. The number of benzene rings is 1. The summed E-state index contributed by atoms with van der Waals surface area (Å²) < 4.78 is 10.1. The summed E-state index contributed by atoms with van der Waals surface area (Å²) in [7, 11) is 1.60. The van der Waals surface area contributed by atoms with Gasteiger partial charge >= 0.3 is 0 Å². The van der Waals surface area contributed by atoms with Crippen molar-refractivity contribution in [1.82, 2.24) is 14.7 Å². The molecule has 1 saturated heterocycles. The second-order valence-corrected chi connectivity index (χ2v) is 7.19. The second kappa shape index (κ2) is 10.8. The number of methoxy groups -OCH3 is 1. The summed E-state index contributed by atoms with van der Waals surface area (Å²) in [5.74, 6) is -0.0527. The number of carbonyl (C=O) groups is 2. The van der Waals surface area contributed by atoms with Crippen LogP contribution in [-0.4, -0.2) is 79.5 Å². The normalized spacial score (nSPS) is 14.7. The van der Waals surface area contributed by atoms with Gasteiger partial charge in [0.1, 0.15) is 6.26 Å². The zero-order valence-electron chi connectivity index (χ0n) is 17.0. The lowest BCUT2D eigenvalue weighted by molar-refractivity contribution is -0.133. The van der Waals surface area contributed by atoms with Crippen LogP contribution in [0.5, 0.6) is 0 Å². The molecule has 0 radical (unpaired) electrons. The van der Waals surface area contributed by atoms with E-state index in [0.717, 1.165) is 32.7 Å². The van der Waals surface area contributed by atoms with Crippen molar-refractivity contribution in [2.75, 3.05) is 53.0 Å². The lowest BCUT2D eigenvalue weighted by atomic mass is 10.2. The molecule has 156 valence electrons. The molecule has 1 fully saturated rings. The first kappa shape index (κ1) is 21.1. The number of nitrogens with zero attached hydrogens (tertiary/aromatic N) is 3. The second-order valence-electron chi connectivity index (χ2n) is 7.19. The van der Waals surface area contributed by atoms with E-state index < -0.39 is 0 Å². The van der Waals surface area contributed by atoms with E-state index in [2.05, 4.69) is 29.2 Å². The Bertz CT molecular complexity index is 756. The first-order chi connectivity index (χ1) is 14.2. The third kappa shape index (κ3) is 6.17. The lowest BCUT2D eigenvalue weighted by Gasteiger charge is -2.35. The molecular formula is C22H29N3O4. The molecule has 7 nitrogen and oxygen atoms in total. The van der Waals surface area contributed by atoms with Crippen molar-refractivity contribution in [2.24, 2.45) is 0 Å². The van der Waals surface area contributed by atoms with Crippen LogP contribution >= 0.6 is 0 Å². The van der Waals surface area contributed by atoms with Crippen molar-refractivity contribution in [3.63, 3.8) is 0 Å². The van der Waals surface area contributed by atoms with Gasteiger partial charge in [0.05, 0.1) is 18.4 Å². The van der Waals surface area contributed by atoms with E-state index in [1.54, 1.807) is 18.1 Å². The summed E-state index contributed by atoms with van der Waals surface area (Å²) in [4.78, 5) is 31.2. The molecule has 1 aromatic carbocycles. The quantitative estimate of drug-likeness (QED) is 0.646. The predicted octanol–water partition coefficient (Wildman–Crippen LogP) is 2.10. The molecule has 2 aromatic rings. The van der Waals surface area contributed by atoms with Gasteiger partial charge in [0, 0.05) is 59.3 Å². The molecule has 7 heteroatoms. The molecule has 0 N–H and O–H groups in total. The van der Waals surface area contributed by atoms with Crippen LogP contribution in [0.2, 0.25) is 0 Å². The number of furan rings is 1. The fourth-order valence-electron chi connectivity index (χ4n) is 3.47. The number of piperazine rings is 1. The van der Waals surface area contributed by atoms with E-state index in [1.165, 1.54) is 18.1 Å². The summed E-state index contributed by atoms with van der Waals surface area (Å²) in [6.45, 7) is 5.32. The topological polar surface area (TPSA) is 66.2 Å². The fraction of sp³-hybridized carbons (Fsp3) is 0.455. The molecule has 0 saturated carbocycles. The highest BCUT2D eigenvalue weighted by Crippen LogP contribution is 2.11. The van der Waals surface area contributed by atoms with Crippen LogP contribution in [0.1, 0.15) is 22.3 Å². The SMILES string of the molecule is COCCN(CCC(=O)N1CCN(Cc2ccccc2)CC1)C(=O)c1ccoc1. The largest absolute Gasteiger partial charge is 0.472 e. The van der Waals surface area contributed by atoms with Crippen LogP contribution in [0, 0.1) is 0 Å². The van der Waals surface area contributed by atoms with Gasteiger partial charge in [-0.25, -0.2) is 0 Å². The fourth-order valence-corrected chi connectivity index (χ4v) is 3.47. The summed E-state index contributed by atoms with van der Waals surface area (Å²) in [5, 5.41) is 0. The molecule has 0 bridgehead atoms. The average Bonchev–Trinajstić information content (AvgIpc) is 3.29. The Morgan fingerprint density at radius 2 is 1.83 bits per heavy atom. The van der Waals surface area contributed by atoms with Crippen molar-refractivity contribution in [3.05, 3.63) is 60.1 Å². The van der Waals surface area contributed by atoms with Gasteiger partial charge in [-0.15, -0.1) is 0 Å². The number of carbonyl (C=O) groups excluding carboxylic acids is 2. The smallest absolute Gasteiger partial charge is 0.257 e. The molecule has 29 heavy (non-hydrogen) atoms. The van der Waals surface area contributed by atoms with Crippen LogP contribution in [-0.2, 0) is 16.1 Å². The van der Waals surface area contributed by atoms with E-state index in [9.17, 15) is 9.59 Å². The minimum Gasteiger partial charge on any atom is -0.472 e. The predicted molar refractivity (Wildman–Crippen MR) is 109 cm³/mol. The first-order valence-corrected chi connectivity index (χ1v) is 10.0. The van der Waals surface area contributed by atoms with E-state index in [0.29, 0.717) is 31.7 Å². The van der Waals surface area contributed by atoms with Crippen molar-refractivity contribution < 1.29 is 18.7 Å². The highest BCUT2D eigenvalue weighted by molar-refractivity contribution is 5.94. The molecule has 3 rings (SSSR count). The van der Waals surface area contributed by atoms with Crippen LogP contribution in [0.4, 0.5) is 0 Å². The van der Waals surface area contributed by atoms with Crippen LogP contribution < -0.4 is 0 Å². The molecule has 0 unspecified atom stereocenters. The monoisotopic (exact) mass is 399 g/mol. The highest BCUT2D eigenvalue weighted by atomic mass is 16.5. The molecule has 2 amide bonds. The Balaban J connectivity index is 1.46. The van der Waals surface area contributed by atoms with Crippen molar-refractivity contribution in [3.8, 4) is 0 Å². The lowest BCUT2D eigenvalue weighted by Crippen LogP contribution is -2.49. The summed E-state index contributed by atoms with van der Waals surface area (Å²) in [5.41, 5.74) is 1.78. The minimum atomic E-state index is -0.142. The van der Waals surface area contributed by atoms with Gasteiger partial charge in [-0.3, -0.25) is 14.5 Å². The van der Waals surface area contributed by atoms with Crippen molar-refractivity contribution in [1.29, 1.82) is 0 Å². The van der Waals surface area contributed by atoms with Crippen LogP contribution in [0.15, 0.2) is 53.3 Å². The number of hydrogen-bond donors (Lipinski definition) is 0. The minimum absolute atomic E-state index is 0.0896. The maximum atomic E-state index is 12.7. The zero-order chi connectivity index (χ0) is 20.5. The molecule has 1 aliphatic rings. The third-order valence-corrected chi connectivity index (χ3v) is 5.19. The number of ether oxygens (including phenoxy) is 1. The van der Waals surface area contributed by atoms with E-state index in [1.807, 2.05) is 11.0 Å². The number of rotatable bonds is 9. The van der Waals surface area contributed by atoms with Gasteiger partial charge in [-0.2, -0.15) is 0 Å². The molecular weight excluding hydrogens is 370 g/mol. The Labute approximate surface area is 171 Å². The standard InChI is InChI=1S/C22H29N3O4/c1-28-16-14-25(22(27)20-8-15-29-18-20)9-7-21(26)24-12-10-23(11-13-24)17-19-5-3-2-4-6-19/h2-6,8,15,18H,7,9-14,16-17H2,1H3. The third-order valence-electron chi connectivity index (χ3n) is 5.19. The molecule has 2 heterocycles. The van der Waals surface area contributed by atoms with Crippen molar-refractivity contribution >= 4 is 11.8 Å². The summed E-state index contributed by atoms with van der Waals surface area (Å²) in [6, 6.07) is 12.0. The van der Waals surface area contributed by atoms with E-state index in [-0.39, 0.29) is 11.8 Å². The number of amides is 2. The maximum absolute atomic E-state index is 12.7. The zero-order valence-corrected chi connectivity index (χ0v) is 17.0. The Morgan fingerprint density at radius 1 is 1.07 bits per heavy atom. The summed E-state index contributed by atoms with van der Waals surface area (Å²) >= 11 is 0. The Morgan fingerprint density at radius 3 is 2.48 bits per heavy atom. The summed E-state index contributed by atoms with van der Waals surface area (Å²) in [6.07, 6.45) is 3.21.